The Bertz CT molecular complexity index is 985. The quantitative estimate of drug-likeness (QED) is 0.483. The average molecular weight is 445 g/mol. The molecule has 0 unspecified atom stereocenters. The maximum Gasteiger partial charge on any atom is 0.222 e. The summed E-state index contributed by atoms with van der Waals surface area (Å²) >= 11 is 12.2. The van der Waals surface area contributed by atoms with Crippen molar-refractivity contribution in [3.05, 3.63) is 45.2 Å². The molecule has 0 atom stereocenters. The van der Waals surface area contributed by atoms with E-state index in [1.165, 1.54) is 12.3 Å². The zero-order valence-electron chi connectivity index (χ0n) is 14.7. The van der Waals surface area contributed by atoms with Crippen molar-refractivity contribution in [1.82, 2.24) is 9.88 Å². The molecular weight excluding hydrogens is 427 g/mol. The Morgan fingerprint density at radius 3 is 2.43 bits per heavy atom. The molecule has 1 aromatic heterocycles. The van der Waals surface area contributed by atoms with Crippen molar-refractivity contribution in [2.24, 2.45) is 0 Å². The highest BCUT2D eigenvalue weighted by Gasteiger charge is 2.28. The number of halogens is 2. The molecule has 10 heteroatoms. The Hall–Kier alpha value is -2.03. The number of carbonyl (C=O) groups is 1. The first kappa shape index (κ1) is 20.7. The molecule has 28 heavy (non-hydrogen) atoms. The van der Waals surface area contributed by atoms with Crippen LogP contribution in [-0.2, 0) is 34.9 Å². The molecular formula is C18H18Cl2N2O5S. The maximum atomic E-state index is 12.5. The second kappa shape index (κ2) is 8.55. The average Bonchev–Trinajstić information content (AvgIpc) is 2.70. The van der Waals surface area contributed by atoms with E-state index < -0.39 is 22.2 Å². The number of hydrogen-bond donors (Lipinski definition) is 3. The Balaban J connectivity index is 1.61. The third kappa shape index (κ3) is 4.19. The van der Waals surface area contributed by atoms with Crippen molar-refractivity contribution >= 4 is 39.8 Å². The van der Waals surface area contributed by atoms with E-state index in [1.807, 2.05) is 0 Å². The predicted molar refractivity (Wildman–Crippen MR) is 105 cm³/mol. The number of amides is 1. The van der Waals surface area contributed by atoms with E-state index in [0.717, 1.165) is 0 Å². The fraction of sp³-hybridized carbons (Fsp3) is 0.333. The van der Waals surface area contributed by atoms with Crippen LogP contribution in [0.1, 0.15) is 29.7 Å². The second-order valence-corrected chi connectivity index (χ2v) is 8.25. The van der Waals surface area contributed by atoms with Crippen LogP contribution in [0.3, 0.4) is 0 Å². The van der Waals surface area contributed by atoms with Gasteiger partial charge in [-0.1, -0.05) is 23.2 Å². The molecule has 2 N–H and O–H groups in total. The van der Waals surface area contributed by atoms with Crippen LogP contribution in [0.4, 0.5) is 0 Å². The maximum absolute atomic E-state index is 12.5. The number of nitrogens with zero attached hydrogens (tertiary/aromatic N) is 2. The fourth-order valence-electron chi connectivity index (χ4n) is 3.17. The summed E-state index contributed by atoms with van der Waals surface area (Å²) in [7, 11) is -2.65. The number of phenols is 2. The molecule has 3 rings (SSSR count). The highest BCUT2D eigenvalue weighted by atomic mass is 35.5. The minimum Gasteiger partial charge on any atom is -0.503 e. The number of fused-ring (bicyclic) bond motifs is 1. The van der Waals surface area contributed by atoms with E-state index in [2.05, 4.69) is 4.98 Å². The van der Waals surface area contributed by atoms with Gasteiger partial charge in [0.25, 0.3) is 0 Å². The zero-order valence-corrected chi connectivity index (χ0v) is 17.1. The van der Waals surface area contributed by atoms with Gasteiger partial charge in [-0.25, -0.2) is 8.42 Å². The number of pyridine rings is 1. The first-order chi connectivity index (χ1) is 13.3. The summed E-state index contributed by atoms with van der Waals surface area (Å²) in [5, 5.41) is 19.8. The number of thiol groups is 1. The molecule has 1 aromatic carbocycles. The normalized spacial score (nSPS) is 13.6. The fourth-order valence-corrected chi connectivity index (χ4v) is 4.07. The van der Waals surface area contributed by atoms with Crippen molar-refractivity contribution in [3.8, 4) is 11.5 Å². The summed E-state index contributed by atoms with van der Waals surface area (Å²) in [6.45, 7) is 0.652. The highest BCUT2D eigenvalue weighted by Crippen LogP contribution is 2.46. The first-order valence-electron chi connectivity index (χ1n) is 8.57. The molecule has 1 amide bonds. The van der Waals surface area contributed by atoms with Gasteiger partial charge in [0.05, 0.1) is 14.9 Å². The van der Waals surface area contributed by atoms with Gasteiger partial charge in [0.15, 0.2) is 22.2 Å². The van der Waals surface area contributed by atoms with Crippen LogP contribution in [-0.4, -0.2) is 41.0 Å². The van der Waals surface area contributed by atoms with Crippen molar-refractivity contribution in [2.75, 3.05) is 6.54 Å². The predicted octanol–water partition coefficient (Wildman–Crippen LogP) is 2.68. The second-order valence-electron chi connectivity index (χ2n) is 6.47. The van der Waals surface area contributed by atoms with Gasteiger partial charge in [0.2, 0.25) is 5.91 Å². The molecule has 0 spiro atoms. The topological polar surface area (TPSA) is 108 Å². The minimum atomic E-state index is -2.65. The van der Waals surface area contributed by atoms with E-state index in [4.69, 9.17) is 23.2 Å². The molecule has 0 fully saturated rings. The lowest BCUT2D eigenvalue weighted by Crippen LogP contribution is -2.36. The lowest BCUT2D eigenvalue weighted by atomic mass is 9.98. The van der Waals surface area contributed by atoms with Gasteiger partial charge in [0.1, 0.15) is 0 Å². The van der Waals surface area contributed by atoms with Gasteiger partial charge < -0.3 is 15.1 Å². The molecule has 150 valence electrons. The Morgan fingerprint density at radius 1 is 1.14 bits per heavy atom. The molecule has 1 aliphatic heterocycles. The van der Waals surface area contributed by atoms with Crippen LogP contribution in [0.2, 0.25) is 10.0 Å². The van der Waals surface area contributed by atoms with Crippen LogP contribution in [0.5, 0.6) is 11.5 Å². The summed E-state index contributed by atoms with van der Waals surface area (Å²) in [4.78, 5) is 18.4. The standard InChI is InChI=1S/C18H18Cl2N2O5S/c19-15-12-6-7-22(9-13(12)16(20)18(25)17(15)24)14(23)3-1-2-10-4-5-11(8-21-10)28(26)27/h4-5,8,24-25,28H,1-3,6-7,9H2. The summed E-state index contributed by atoms with van der Waals surface area (Å²) in [5.41, 5.74) is 1.91. The number of phenolic OH excluding ortho intramolecular Hbond substituents is 2. The molecule has 0 radical (unpaired) electrons. The van der Waals surface area contributed by atoms with Crippen LogP contribution >= 0.6 is 23.2 Å². The van der Waals surface area contributed by atoms with Gasteiger partial charge in [-0.15, -0.1) is 0 Å². The van der Waals surface area contributed by atoms with Gasteiger partial charge in [-0.05, 0) is 42.5 Å². The van der Waals surface area contributed by atoms with Crippen molar-refractivity contribution in [1.29, 1.82) is 0 Å². The lowest BCUT2D eigenvalue weighted by molar-refractivity contribution is -0.132. The van der Waals surface area contributed by atoms with Crippen LogP contribution in [0, 0.1) is 0 Å². The van der Waals surface area contributed by atoms with Crippen molar-refractivity contribution < 1.29 is 23.4 Å². The van der Waals surface area contributed by atoms with E-state index in [0.29, 0.717) is 49.0 Å². The van der Waals surface area contributed by atoms with E-state index in [9.17, 15) is 23.4 Å². The highest BCUT2D eigenvalue weighted by molar-refractivity contribution is 7.72. The molecule has 0 aliphatic carbocycles. The Morgan fingerprint density at radius 2 is 1.82 bits per heavy atom. The molecule has 2 heterocycles. The largest absolute Gasteiger partial charge is 0.503 e. The number of aryl methyl sites for hydroxylation is 1. The molecule has 7 nitrogen and oxygen atoms in total. The summed E-state index contributed by atoms with van der Waals surface area (Å²) < 4.78 is 21.7. The number of aromatic hydroxyl groups is 2. The summed E-state index contributed by atoms with van der Waals surface area (Å²) in [6.07, 6.45) is 3.15. The lowest BCUT2D eigenvalue weighted by Gasteiger charge is -2.30. The van der Waals surface area contributed by atoms with Gasteiger partial charge in [-0.3, -0.25) is 9.78 Å². The van der Waals surface area contributed by atoms with Gasteiger partial charge in [0, 0.05) is 31.4 Å². The smallest absolute Gasteiger partial charge is 0.222 e. The third-order valence-corrected chi connectivity index (χ3v) is 6.21. The summed E-state index contributed by atoms with van der Waals surface area (Å²) in [6, 6.07) is 3.13. The number of carbonyl (C=O) groups excluding carboxylic acids is 1. The first-order valence-corrected chi connectivity index (χ1v) is 10.5. The minimum absolute atomic E-state index is 0.00963. The van der Waals surface area contributed by atoms with Crippen LogP contribution in [0.25, 0.3) is 0 Å². The van der Waals surface area contributed by atoms with Crippen molar-refractivity contribution in [2.45, 2.75) is 37.1 Å². The van der Waals surface area contributed by atoms with Gasteiger partial charge in [-0.2, -0.15) is 0 Å². The number of benzene rings is 1. The number of aromatic nitrogens is 1. The van der Waals surface area contributed by atoms with Crippen molar-refractivity contribution in [3.63, 3.8) is 0 Å². The SMILES string of the molecule is O=C(CCCc1ccc([SH](=O)=O)cn1)N1CCc2c(Cl)c(O)c(O)c(Cl)c2C1. The van der Waals surface area contributed by atoms with Crippen LogP contribution < -0.4 is 0 Å². The van der Waals surface area contributed by atoms with Gasteiger partial charge >= 0.3 is 0 Å². The third-order valence-electron chi connectivity index (χ3n) is 4.71. The molecule has 0 saturated carbocycles. The van der Waals surface area contributed by atoms with E-state index >= 15 is 0 Å². The molecule has 2 aromatic rings. The zero-order chi connectivity index (χ0) is 20.4. The molecule has 0 saturated heterocycles. The summed E-state index contributed by atoms with van der Waals surface area (Å²) in [5.74, 6) is -0.982. The number of hydrogen-bond acceptors (Lipinski definition) is 6. The van der Waals surface area contributed by atoms with E-state index in [-0.39, 0.29) is 27.4 Å². The van der Waals surface area contributed by atoms with Crippen LogP contribution in [0.15, 0.2) is 23.2 Å². The Labute approximate surface area is 173 Å². The monoisotopic (exact) mass is 444 g/mol. The molecule has 0 bridgehead atoms. The van der Waals surface area contributed by atoms with E-state index in [1.54, 1.807) is 11.0 Å². The number of rotatable bonds is 5. The molecule has 1 aliphatic rings. The Kier molecular flexibility index (Phi) is 6.32.